The van der Waals surface area contributed by atoms with E-state index in [2.05, 4.69) is 48.2 Å². The van der Waals surface area contributed by atoms with Crippen LogP contribution in [0.4, 0.5) is 19.0 Å². The van der Waals surface area contributed by atoms with E-state index >= 15 is 0 Å². The highest BCUT2D eigenvalue weighted by molar-refractivity contribution is 6.47. The second-order valence-corrected chi connectivity index (χ2v) is 16.5. The molecule has 3 saturated carbocycles. The van der Waals surface area contributed by atoms with E-state index < -0.39 is 42.0 Å². The molecule has 1 spiro atoms. The van der Waals surface area contributed by atoms with Crippen molar-refractivity contribution in [2.45, 2.75) is 142 Å². The Morgan fingerprint density at radius 2 is 1.79 bits per heavy atom. The Hall–Kier alpha value is -3.90. The number of rotatable bonds is 12. The molecule has 2 N–H and O–H groups in total. The molecule has 1 amide bonds. The van der Waals surface area contributed by atoms with Gasteiger partial charge in [0.25, 0.3) is 5.56 Å². The minimum Gasteiger partial charge on any atom is -0.407 e. The maximum atomic E-state index is 14.5. The maximum Gasteiger partial charge on any atom is 0.481 e. The Morgan fingerprint density at radius 1 is 1.07 bits per heavy atom. The summed E-state index contributed by atoms with van der Waals surface area (Å²) in [5.41, 5.74) is 1.62. The third-order valence-corrected chi connectivity index (χ3v) is 13.2. The Kier molecular flexibility index (Phi) is 12.8. The molecule has 4 fully saturated rings. The van der Waals surface area contributed by atoms with Crippen molar-refractivity contribution >= 4 is 18.8 Å². The fourth-order valence-corrected chi connectivity index (χ4v) is 10.7. The number of carbonyl (C=O) groups excluding carboxylic acids is 1. The van der Waals surface area contributed by atoms with Crippen molar-refractivity contribution in [3.05, 3.63) is 106 Å². The molecule has 8 atom stereocenters. The summed E-state index contributed by atoms with van der Waals surface area (Å²) >= 11 is 0. The fraction of sp³-hybridized carbons (Fsp3) is 0.578. The number of anilines is 1. The first-order valence-corrected chi connectivity index (χ1v) is 21.1. The van der Waals surface area contributed by atoms with Crippen LogP contribution in [-0.2, 0) is 33.2 Å². The molecule has 2 aliphatic heterocycles. The normalized spacial score (nSPS) is 27.7. The van der Waals surface area contributed by atoms with Crippen LogP contribution >= 0.6 is 0 Å². The highest BCUT2D eigenvalue weighted by Crippen LogP contribution is 2.80. The van der Waals surface area contributed by atoms with E-state index in [4.69, 9.17) is 9.31 Å². The van der Waals surface area contributed by atoms with Crippen molar-refractivity contribution in [1.29, 1.82) is 0 Å². The topological polar surface area (TPSA) is 94.5 Å². The molecule has 3 heterocycles. The van der Waals surface area contributed by atoms with Gasteiger partial charge in [0.05, 0.1) is 22.8 Å². The van der Waals surface area contributed by atoms with Crippen LogP contribution in [0.15, 0.2) is 72.0 Å². The van der Waals surface area contributed by atoms with Crippen molar-refractivity contribution in [3.8, 4) is 0 Å². The maximum absolute atomic E-state index is 14.5. The van der Waals surface area contributed by atoms with Gasteiger partial charge < -0.3 is 19.9 Å². The number of halogens is 3. The van der Waals surface area contributed by atoms with Crippen molar-refractivity contribution in [3.63, 3.8) is 0 Å². The molecule has 5 aliphatic rings. The summed E-state index contributed by atoms with van der Waals surface area (Å²) in [6, 6.07) is 14.4. The van der Waals surface area contributed by atoms with Crippen LogP contribution in [0, 0.1) is 30.1 Å². The summed E-state index contributed by atoms with van der Waals surface area (Å²) in [4.78, 5) is 33.4. The van der Waals surface area contributed by atoms with Crippen molar-refractivity contribution in [1.82, 2.24) is 14.9 Å². The van der Waals surface area contributed by atoms with Crippen molar-refractivity contribution in [2.75, 3.05) is 5.32 Å². The van der Waals surface area contributed by atoms with E-state index in [0.29, 0.717) is 41.3 Å². The minimum atomic E-state index is -4.49. The molecule has 308 valence electrons. The molecule has 8 nitrogen and oxygen atoms in total. The van der Waals surface area contributed by atoms with Crippen LogP contribution in [0.1, 0.15) is 127 Å². The summed E-state index contributed by atoms with van der Waals surface area (Å²) in [7, 11) is -0.668. The van der Waals surface area contributed by atoms with Gasteiger partial charge in [0.15, 0.2) is 5.82 Å². The second kappa shape index (κ2) is 17.1. The molecule has 2 aromatic carbocycles. The lowest BCUT2D eigenvalue weighted by atomic mass is 9.26. The highest BCUT2D eigenvalue weighted by Gasteiger charge is 2.78. The van der Waals surface area contributed by atoms with Gasteiger partial charge in [0.2, 0.25) is 5.91 Å². The van der Waals surface area contributed by atoms with E-state index in [1.165, 1.54) is 24.5 Å². The fourth-order valence-electron chi connectivity index (χ4n) is 10.7. The Balaban J connectivity index is 0.00000133. The first kappa shape index (κ1) is 42.7. The number of carbonyl (C=O) groups is 1. The molecule has 57 heavy (non-hydrogen) atoms. The van der Waals surface area contributed by atoms with Gasteiger partial charge in [-0.1, -0.05) is 76.2 Å². The minimum absolute atomic E-state index is 0.00441. The summed E-state index contributed by atoms with van der Waals surface area (Å²) in [5.74, 6) is 0.885. The average Bonchev–Trinajstić information content (AvgIpc) is 3.58. The second-order valence-electron chi connectivity index (χ2n) is 16.5. The lowest BCUT2D eigenvalue weighted by Crippen LogP contribution is -2.80. The lowest BCUT2D eigenvalue weighted by molar-refractivity contribution is -0.350. The smallest absolute Gasteiger partial charge is 0.407 e. The standard InChI is InChI=1S/C41H48BF3N4O4.2C2H6/c1-5-11-34(42-52-32-22-40-29(20-30(32)40)21-33(40)39(3,4)53-42)48-37(50)31-19-27(16-9-14-25-12-7-6-8-13-25)35-24(2)47-36(38(51)49(31)35)46-23-26-15-10-17-28(18-26)41(43,44)45;2*1-2/h5-8,10,12-13,15,17-18,27,29-34H,1,9,11,14,16,19-23H2,2-4H3,(H,46,47)(H,48,50);2*1-2H3/t27-,29?,30?,31?,32?,33?,34?,40?;;/m1../s1. The number of hydrogen-bond donors (Lipinski definition) is 2. The third kappa shape index (κ3) is 7.97. The Labute approximate surface area is 336 Å². The molecule has 12 heteroatoms. The molecule has 2 bridgehead atoms. The third-order valence-electron chi connectivity index (χ3n) is 13.2. The van der Waals surface area contributed by atoms with Gasteiger partial charge in [0, 0.05) is 24.3 Å². The zero-order valence-corrected chi connectivity index (χ0v) is 34.6. The quantitative estimate of drug-likeness (QED) is 0.140. The van der Waals surface area contributed by atoms with Crippen LogP contribution in [0.5, 0.6) is 0 Å². The summed E-state index contributed by atoms with van der Waals surface area (Å²) in [6.07, 6.45) is 4.13. The zero-order chi connectivity index (χ0) is 41.3. The van der Waals surface area contributed by atoms with Gasteiger partial charge in [-0.05, 0) is 119 Å². The van der Waals surface area contributed by atoms with Crippen molar-refractivity contribution in [2.24, 2.45) is 23.2 Å². The monoisotopic (exact) mass is 788 g/mol. The molecular weight excluding hydrogens is 728 g/mol. The predicted octanol–water partition coefficient (Wildman–Crippen LogP) is 9.61. The first-order chi connectivity index (χ1) is 27.3. The van der Waals surface area contributed by atoms with Crippen molar-refractivity contribution < 1.29 is 27.3 Å². The summed E-state index contributed by atoms with van der Waals surface area (Å²) in [5, 5.41) is 6.23. The van der Waals surface area contributed by atoms with E-state index in [0.717, 1.165) is 49.4 Å². The van der Waals surface area contributed by atoms with E-state index in [1.807, 2.05) is 52.8 Å². The molecular formula is C45H60BF3N4O4. The van der Waals surface area contributed by atoms with Crippen LogP contribution < -0.4 is 16.2 Å². The van der Waals surface area contributed by atoms with Crippen LogP contribution in [0.25, 0.3) is 0 Å². The summed E-state index contributed by atoms with van der Waals surface area (Å²) in [6.45, 7) is 18.1. The van der Waals surface area contributed by atoms with E-state index in [9.17, 15) is 22.8 Å². The number of nitrogens with one attached hydrogen (secondary N) is 2. The van der Waals surface area contributed by atoms with Crippen LogP contribution in [0.2, 0.25) is 0 Å². The van der Waals surface area contributed by atoms with Gasteiger partial charge in [-0.15, -0.1) is 6.58 Å². The van der Waals surface area contributed by atoms with Gasteiger partial charge in [-0.25, -0.2) is 4.98 Å². The van der Waals surface area contributed by atoms with Gasteiger partial charge in [-0.2, -0.15) is 13.2 Å². The first-order valence-electron chi connectivity index (χ1n) is 21.1. The molecule has 3 aliphatic carbocycles. The molecule has 1 saturated heterocycles. The van der Waals surface area contributed by atoms with Crippen LogP contribution in [-0.4, -0.2) is 40.2 Å². The van der Waals surface area contributed by atoms with Gasteiger partial charge in [-0.3, -0.25) is 14.2 Å². The van der Waals surface area contributed by atoms with Gasteiger partial charge >= 0.3 is 13.3 Å². The Morgan fingerprint density at radius 3 is 2.46 bits per heavy atom. The SMILES string of the molecule is C=CCC(NC(=O)C1C[C@@H](CCCc2ccccc2)c2c(C)nc(NCc3cccc(C(F)(F)F)c3)c(=O)n21)B1OC2CC34C(CC23)CC4C(C)(C)O1.CC.CC. The zero-order valence-electron chi connectivity index (χ0n) is 34.6. The largest absolute Gasteiger partial charge is 0.481 e. The van der Waals surface area contributed by atoms with E-state index in [1.54, 1.807) is 16.7 Å². The number of amides is 1. The number of aryl methyl sites for hydroxylation is 2. The number of hydrogen-bond acceptors (Lipinski definition) is 6. The molecule has 3 aromatic rings. The summed E-state index contributed by atoms with van der Waals surface area (Å²) < 4.78 is 55.2. The average molecular weight is 789 g/mol. The molecule has 7 unspecified atom stereocenters. The number of alkyl halides is 3. The highest BCUT2D eigenvalue weighted by atomic mass is 19.4. The van der Waals surface area contributed by atoms with Gasteiger partial charge in [0.1, 0.15) is 6.04 Å². The van der Waals surface area contributed by atoms with Crippen LogP contribution in [0.3, 0.4) is 0 Å². The number of benzene rings is 2. The molecule has 8 rings (SSSR count). The predicted molar refractivity (Wildman–Crippen MR) is 220 cm³/mol. The molecule has 0 radical (unpaired) electrons. The lowest BCUT2D eigenvalue weighted by Gasteiger charge is -2.81. The van der Waals surface area contributed by atoms with E-state index in [-0.39, 0.29) is 30.3 Å². The molecule has 1 aromatic heterocycles. The number of fused-ring (bicyclic) bond motifs is 3. The Bertz CT molecular complexity index is 1950. The number of nitrogens with zero attached hydrogens (tertiary/aromatic N) is 2. The number of aromatic nitrogens is 2.